The topological polar surface area (TPSA) is 75.2 Å². The molecule has 21 heavy (non-hydrogen) atoms. The summed E-state index contributed by atoms with van der Waals surface area (Å²) in [6.07, 6.45) is 2.11. The molecule has 0 saturated carbocycles. The molecular formula is C14H26N6O. The fourth-order valence-corrected chi connectivity index (χ4v) is 2.21. The Labute approximate surface area is 126 Å². The molecule has 2 atom stereocenters. The van der Waals surface area contributed by atoms with Crippen LogP contribution in [0.25, 0.3) is 0 Å². The maximum Gasteiger partial charge on any atom is 0.231 e. The summed E-state index contributed by atoms with van der Waals surface area (Å²) in [5.74, 6) is 2.40. The monoisotopic (exact) mass is 294 g/mol. The van der Waals surface area contributed by atoms with Crippen LogP contribution in [-0.4, -0.2) is 54.8 Å². The van der Waals surface area contributed by atoms with Crippen LogP contribution in [0.15, 0.2) is 0 Å². The molecule has 0 spiro atoms. The van der Waals surface area contributed by atoms with E-state index in [2.05, 4.69) is 39.4 Å². The normalized spacial score (nSPS) is 19.3. The highest BCUT2D eigenvalue weighted by Crippen LogP contribution is 2.20. The van der Waals surface area contributed by atoms with Gasteiger partial charge in [0.1, 0.15) is 0 Å². The fourth-order valence-electron chi connectivity index (χ4n) is 2.21. The Balaban J connectivity index is 2.10. The Bertz CT molecular complexity index is 447. The van der Waals surface area contributed by atoms with Gasteiger partial charge in [-0.05, 0) is 19.8 Å². The van der Waals surface area contributed by atoms with Gasteiger partial charge in [-0.2, -0.15) is 15.0 Å². The molecule has 1 aromatic rings. The first-order valence-electron chi connectivity index (χ1n) is 7.61. The summed E-state index contributed by atoms with van der Waals surface area (Å²) in [6, 6.07) is 0.281. The molecule has 1 aliphatic rings. The number of rotatable bonds is 7. The minimum atomic E-state index is 0.281. The number of nitrogens with one attached hydrogen (secondary N) is 2. The van der Waals surface area contributed by atoms with Crippen molar-refractivity contribution in [3.8, 4) is 0 Å². The zero-order valence-corrected chi connectivity index (χ0v) is 13.4. The summed E-state index contributed by atoms with van der Waals surface area (Å²) in [4.78, 5) is 15.2. The third kappa shape index (κ3) is 4.42. The number of anilines is 3. The van der Waals surface area contributed by atoms with Gasteiger partial charge in [0.25, 0.3) is 0 Å². The van der Waals surface area contributed by atoms with Gasteiger partial charge in [0, 0.05) is 39.2 Å². The number of hydrogen-bond acceptors (Lipinski definition) is 7. The van der Waals surface area contributed by atoms with Crippen LogP contribution in [0.4, 0.5) is 17.8 Å². The van der Waals surface area contributed by atoms with Gasteiger partial charge in [-0.25, -0.2) is 0 Å². The molecule has 1 saturated heterocycles. The van der Waals surface area contributed by atoms with Crippen LogP contribution in [0.1, 0.15) is 26.7 Å². The predicted octanol–water partition coefficient (Wildman–Crippen LogP) is 1.60. The average molecular weight is 294 g/mol. The van der Waals surface area contributed by atoms with Crippen LogP contribution in [0, 0.1) is 5.92 Å². The largest absolute Gasteiger partial charge is 0.381 e. The van der Waals surface area contributed by atoms with Crippen LogP contribution in [-0.2, 0) is 4.74 Å². The van der Waals surface area contributed by atoms with Crippen molar-refractivity contribution in [2.75, 3.05) is 49.4 Å². The van der Waals surface area contributed by atoms with E-state index in [-0.39, 0.29) is 6.04 Å². The van der Waals surface area contributed by atoms with Crippen molar-refractivity contribution in [1.82, 2.24) is 15.0 Å². The Morgan fingerprint density at radius 1 is 1.29 bits per heavy atom. The van der Waals surface area contributed by atoms with E-state index in [4.69, 9.17) is 4.74 Å². The van der Waals surface area contributed by atoms with Gasteiger partial charge in [0.05, 0.1) is 6.61 Å². The van der Waals surface area contributed by atoms with E-state index in [9.17, 15) is 0 Å². The van der Waals surface area contributed by atoms with Crippen molar-refractivity contribution in [2.45, 2.75) is 32.7 Å². The zero-order chi connectivity index (χ0) is 15.2. The lowest BCUT2D eigenvalue weighted by Gasteiger charge is -2.20. The third-order valence-electron chi connectivity index (χ3n) is 3.59. The Morgan fingerprint density at radius 3 is 2.67 bits per heavy atom. The van der Waals surface area contributed by atoms with E-state index in [0.717, 1.165) is 32.6 Å². The average Bonchev–Trinajstić information content (AvgIpc) is 2.99. The first-order chi connectivity index (χ1) is 10.1. The Hall–Kier alpha value is -1.63. The van der Waals surface area contributed by atoms with Crippen molar-refractivity contribution < 1.29 is 4.74 Å². The van der Waals surface area contributed by atoms with Crippen molar-refractivity contribution >= 4 is 17.8 Å². The number of ether oxygens (including phenoxy) is 1. The van der Waals surface area contributed by atoms with Crippen LogP contribution < -0.4 is 15.5 Å². The molecule has 1 fully saturated rings. The van der Waals surface area contributed by atoms with Gasteiger partial charge in [-0.15, -0.1) is 0 Å². The van der Waals surface area contributed by atoms with Crippen LogP contribution in [0.3, 0.4) is 0 Å². The zero-order valence-electron chi connectivity index (χ0n) is 13.4. The first kappa shape index (κ1) is 15.8. The molecule has 1 aromatic heterocycles. The molecule has 2 rings (SSSR count). The highest BCUT2D eigenvalue weighted by Gasteiger charge is 2.23. The van der Waals surface area contributed by atoms with E-state index in [0.29, 0.717) is 23.8 Å². The molecule has 7 heteroatoms. The summed E-state index contributed by atoms with van der Waals surface area (Å²) in [5.41, 5.74) is 0. The van der Waals surface area contributed by atoms with Crippen LogP contribution in [0.5, 0.6) is 0 Å². The summed E-state index contributed by atoms with van der Waals surface area (Å²) < 4.78 is 5.44. The standard InChI is InChI=1S/C14H26N6O/c1-5-7-15-12-17-13(19-14(18-12)20(3)4)16-10(2)11-6-8-21-9-11/h10-11H,5-9H2,1-4H3,(H2,15,16,17,18,19). The van der Waals surface area contributed by atoms with Crippen molar-refractivity contribution in [2.24, 2.45) is 5.92 Å². The molecule has 1 aliphatic heterocycles. The predicted molar refractivity (Wildman–Crippen MR) is 84.9 cm³/mol. The summed E-state index contributed by atoms with van der Waals surface area (Å²) in [5, 5.41) is 6.61. The maximum absolute atomic E-state index is 5.44. The lowest BCUT2D eigenvalue weighted by atomic mass is 10.0. The van der Waals surface area contributed by atoms with Gasteiger partial charge >= 0.3 is 0 Å². The van der Waals surface area contributed by atoms with E-state index in [1.54, 1.807) is 0 Å². The molecule has 2 unspecified atom stereocenters. The van der Waals surface area contributed by atoms with E-state index >= 15 is 0 Å². The quantitative estimate of drug-likeness (QED) is 0.791. The van der Waals surface area contributed by atoms with Crippen molar-refractivity contribution in [3.63, 3.8) is 0 Å². The van der Waals surface area contributed by atoms with Crippen LogP contribution in [0.2, 0.25) is 0 Å². The second kappa shape index (κ2) is 7.40. The van der Waals surface area contributed by atoms with Gasteiger partial charge in [0.15, 0.2) is 0 Å². The smallest absolute Gasteiger partial charge is 0.231 e. The molecule has 0 aromatic carbocycles. The third-order valence-corrected chi connectivity index (χ3v) is 3.59. The summed E-state index contributed by atoms with van der Waals surface area (Å²) >= 11 is 0. The van der Waals surface area contributed by atoms with Gasteiger partial charge < -0.3 is 20.3 Å². The molecule has 118 valence electrons. The Kier molecular flexibility index (Phi) is 5.55. The summed E-state index contributed by atoms with van der Waals surface area (Å²) in [6.45, 7) is 6.77. The van der Waals surface area contributed by atoms with Gasteiger partial charge in [-0.1, -0.05) is 6.92 Å². The fraction of sp³-hybridized carbons (Fsp3) is 0.786. The van der Waals surface area contributed by atoms with Crippen molar-refractivity contribution in [3.05, 3.63) is 0 Å². The SMILES string of the molecule is CCCNc1nc(NC(C)C2CCOC2)nc(N(C)C)n1. The Morgan fingerprint density at radius 2 is 2.05 bits per heavy atom. The number of aromatic nitrogens is 3. The second-order valence-electron chi connectivity index (χ2n) is 5.66. The number of nitrogens with zero attached hydrogens (tertiary/aromatic N) is 4. The molecule has 2 heterocycles. The molecule has 2 N–H and O–H groups in total. The molecule has 0 bridgehead atoms. The highest BCUT2D eigenvalue weighted by molar-refractivity contribution is 5.43. The van der Waals surface area contributed by atoms with E-state index in [1.165, 1.54) is 0 Å². The minimum absolute atomic E-state index is 0.281. The molecule has 0 amide bonds. The summed E-state index contributed by atoms with van der Waals surface area (Å²) in [7, 11) is 3.86. The van der Waals surface area contributed by atoms with Crippen molar-refractivity contribution in [1.29, 1.82) is 0 Å². The molecule has 0 aliphatic carbocycles. The lowest BCUT2D eigenvalue weighted by Crippen LogP contribution is -2.28. The number of hydrogen-bond donors (Lipinski definition) is 2. The molecule has 0 radical (unpaired) electrons. The van der Waals surface area contributed by atoms with E-state index < -0.39 is 0 Å². The van der Waals surface area contributed by atoms with Gasteiger partial charge in [0.2, 0.25) is 17.8 Å². The molecular weight excluding hydrogens is 268 g/mol. The van der Waals surface area contributed by atoms with E-state index in [1.807, 2.05) is 19.0 Å². The van der Waals surface area contributed by atoms with Gasteiger partial charge in [-0.3, -0.25) is 0 Å². The van der Waals surface area contributed by atoms with Crippen LogP contribution >= 0.6 is 0 Å². The minimum Gasteiger partial charge on any atom is -0.381 e. The molecule has 7 nitrogen and oxygen atoms in total. The first-order valence-corrected chi connectivity index (χ1v) is 7.61. The highest BCUT2D eigenvalue weighted by atomic mass is 16.5. The lowest BCUT2D eigenvalue weighted by molar-refractivity contribution is 0.183. The second-order valence-corrected chi connectivity index (χ2v) is 5.66. The maximum atomic E-state index is 5.44.